The van der Waals surface area contributed by atoms with Crippen LogP contribution in [0.25, 0.3) is 11.1 Å². The number of carbonyl (C=O) groups excluding carboxylic acids is 2. The Labute approximate surface area is 108 Å². The number of hydrogen-bond acceptors (Lipinski definition) is 4. The molecule has 2 aromatic rings. The monoisotopic (exact) mass is 259 g/mol. The molecule has 0 bridgehead atoms. The molecule has 0 atom stereocenters. The van der Waals surface area contributed by atoms with E-state index in [2.05, 4.69) is 9.72 Å². The van der Waals surface area contributed by atoms with Gasteiger partial charge in [-0.2, -0.15) is 0 Å². The van der Waals surface area contributed by atoms with E-state index < -0.39 is 11.8 Å². The number of nitrogens with zero attached hydrogens (tertiary/aromatic N) is 1. The molecule has 1 aromatic heterocycles. The van der Waals surface area contributed by atoms with Crippen molar-refractivity contribution >= 4 is 12.3 Å². The van der Waals surface area contributed by atoms with Gasteiger partial charge in [-0.25, -0.2) is 9.18 Å². The second kappa shape index (κ2) is 5.39. The lowest BCUT2D eigenvalue weighted by atomic mass is 9.98. The van der Waals surface area contributed by atoms with Crippen LogP contribution < -0.4 is 0 Å². The summed E-state index contributed by atoms with van der Waals surface area (Å²) in [7, 11) is 1.25. The first-order chi connectivity index (χ1) is 9.17. The summed E-state index contributed by atoms with van der Waals surface area (Å²) in [5, 5.41) is 0. The number of rotatable bonds is 3. The fourth-order valence-corrected chi connectivity index (χ4v) is 1.74. The van der Waals surface area contributed by atoms with Gasteiger partial charge in [-0.1, -0.05) is 6.07 Å². The van der Waals surface area contributed by atoms with Gasteiger partial charge in [0.25, 0.3) is 0 Å². The minimum atomic E-state index is -0.551. The fraction of sp³-hybridized carbons (Fsp3) is 0.0714. The van der Waals surface area contributed by atoms with Crippen LogP contribution in [-0.4, -0.2) is 24.3 Å². The highest BCUT2D eigenvalue weighted by molar-refractivity contribution is 5.95. The summed E-state index contributed by atoms with van der Waals surface area (Å²) in [5.74, 6) is -1.08. The lowest BCUT2D eigenvalue weighted by molar-refractivity contribution is 0.0600. The van der Waals surface area contributed by atoms with Crippen LogP contribution in [0.1, 0.15) is 20.7 Å². The summed E-state index contributed by atoms with van der Waals surface area (Å²) in [5.41, 5.74) is 1.12. The highest BCUT2D eigenvalue weighted by Gasteiger charge is 2.13. The van der Waals surface area contributed by atoms with Crippen LogP contribution >= 0.6 is 0 Å². The summed E-state index contributed by atoms with van der Waals surface area (Å²) < 4.78 is 18.2. The molecule has 0 amide bonds. The van der Waals surface area contributed by atoms with Crippen molar-refractivity contribution in [3.05, 3.63) is 53.6 Å². The number of esters is 1. The minimum Gasteiger partial charge on any atom is -0.465 e. The topological polar surface area (TPSA) is 56.3 Å². The first kappa shape index (κ1) is 12.9. The zero-order chi connectivity index (χ0) is 13.8. The number of methoxy groups -OCH3 is 1. The Bertz CT molecular complexity index is 640. The van der Waals surface area contributed by atoms with Crippen molar-refractivity contribution in [2.24, 2.45) is 0 Å². The maximum atomic E-state index is 13.6. The van der Waals surface area contributed by atoms with Crippen LogP contribution in [0.3, 0.4) is 0 Å². The van der Waals surface area contributed by atoms with Crippen LogP contribution in [0.4, 0.5) is 4.39 Å². The molecule has 0 saturated carbocycles. The molecule has 0 aliphatic heterocycles. The molecule has 19 heavy (non-hydrogen) atoms. The van der Waals surface area contributed by atoms with E-state index in [1.807, 2.05) is 0 Å². The predicted molar refractivity (Wildman–Crippen MR) is 66.4 cm³/mol. The van der Waals surface area contributed by atoms with Gasteiger partial charge in [-0.05, 0) is 23.8 Å². The molecule has 1 aromatic carbocycles. The number of pyridine rings is 1. The predicted octanol–water partition coefficient (Wildman–Crippen LogP) is 2.49. The van der Waals surface area contributed by atoms with Gasteiger partial charge in [0.1, 0.15) is 5.82 Å². The van der Waals surface area contributed by atoms with Crippen molar-refractivity contribution in [2.45, 2.75) is 0 Å². The van der Waals surface area contributed by atoms with Crippen LogP contribution in [0.5, 0.6) is 0 Å². The molecule has 0 aliphatic carbocycles. The second-order valence-corrected chi connectivity index (χ2v) is 3.77. The van der Waals surface area contributed by atoms with Crippen molar-refractivity contribution in [2.75, 3.05) is 7.11 Å². The molecule has 0 N–H and O–H groups in total. The van der Waals surface area contributed by atoms with Crippen molar-refractivity contribution in [3.8, 4) is 11.1 Å². The van der Waals surface area contributed by atoms with E-state index in [1.165, 1.54) is 37.6 Å². The fourth-order valence-electron chi connectivity index (χ4n) is 1.74. The Kier molecular flexibility index (Phi) is 3.66. The van der Waals surface area contributed by atoms with Gasteiger partial charge in [0.05, 0.1) is 18.9 Å². The van der Waals surface area contributed by atoms with E-state index in [-0.39, 0.29) is 16.7 Å². The largest absolute Gasteiger partial charge is 0.465 e. The normalized spacial score (nSPS) is 10.0. The molecular weight excluding hydrogens is 249 g/mol. The summed E-state index contributed by atoms with van der Waals surface area (Å²) in [6, 6.07) is 5.83. The van der Waals surface area contributed by atoms with Gasteiger partial charge in [0.15, 0.2) is 6.29 Å². The van der Waals surface area contributed by atoms with E-state index in [0.29, 0.717) is 11.8 Å². The van der Waals surface area contributed by atoms with Crippen LogP contribution in [0.15, 0.2) is 36.7 Å². The Morgan fingerprint density at radius 3 is 2.74 bits per heavy atom. The number of benzene rings is 1. The Balaban J connectivity index is 2.57. The number of carbonyl (C=O) groups is 2. The lowest BCUT2D eigenvalue weighted by Crippen LogP contribution is -2.03. The van der Waals surface area contributed by atoms with Gasteiger partial charge in [-0.15, -0.1) is 0 Å². The molecule has 0 radical (unpaired) electrons. The molecule has 0 unspecified atom stereocenters. The average molecular weight is 259 g/mol. The van der Waals surface area contributed by atoms with Crippen molar-refractivity contribution < 1.29 is 18.7 Å². The third kappa shape index (κ3) is 2.49. The molecule has 96 valence electrons. The maximum Gasteiger partial charge on any atom is 0.337 e. The summed E-state index contributed by atoms with van der Waals surface area (Å²) in [6.07, 6.45) is 3.07. The zero-order valence-electron chi connectivity index (χ0n) is 10.1. The summed E-state index contributed by atoms with van der Waals surface area (Å²) in [4.78, 5) is 26.1. The van der Waals surface area contributed by atoms with Crippen LogP contribution in [-0.2, 0) is 4.74 Å². The number of aromatic nitrogens is 1. The SMILES string of the molecule is COC(=O)c1ccc(-c2ccncc2F)c(C=O)c1. The number of hydrogen-bond donors (Lipinski definition) is 0. The number of aldehydes is 1. The highest BCUT2D eigenvalue weighted by Crippen LogP contribution is 2.25. The van der Waals surface area contributed by atoms with E-state index >= 15 is 0 Å². The quantitative estimate of drug-likeness (QED) is 0.627. The minimum absolute atomic E-state index is 0.216. The second-order valence-electron chi connectivity index (χ2n) is 3.77. The van der Waals surface area contributed by atoms with Gasteiger partial charge >= 0.3 is 5.97 Å². The Morgan fingerprint density at radius 1 is 1.32 bits per heavy atom. The number of halogens is 1. The summed E-state index contributed by atoms with van der Waals surface area (Å²) >= 11 is 0. The average Bonchev–Trinajstić information content (AvgIpc) is 2.46. The first-order valence-corrected chi connectivity index (χ1v) is 5.44. The smallest absolute Gasteiger partial charge is 0.337 e. The molecule has 1 heterocycles. The third-order valence-corrected chi connectivity index (χ3v) is 2.66. The molecule has 2 rings (SSSR count). The van der Waals surface area contributed by atoms with Crippen LogP contribution in [0, 0.1) is 5.82 Å². The standard InChI is InChI=1S/C14H10FNO3/c1-19-14(18)9-2-3-11(10(6-9)8-17)12-4-5-16-7-13(12)15/h2-8H,1H3. The molecular formula is C14H10FNO3. The maximum absolute atomic E-state index is 13.6. The van der Waals surface area contributed by atoms with Crippen molar-refractivity contribution in [3.63, 3.8) is 0 Å². The van der Waals surface area contributed by atoms with Gasteiger partial charge in [0, 0.05) is 17.3 Å². The molecule has 5 heteroatoms. The first-order valence-electron chi connectivity index (χ1n) is 5.44. The van der Waals surface area contributed by atoms with Gasteiger partial charge < -0.3 is 4.74 Å². The summed E-state index contributed by atoms with van der Waals surface area (Å²) in [6.45, 7) is 0. The zero-order valence-corrected chi connectivity index (χ0v) is 10.1. The van der Waals surface area contributed by atoms with Crippen molar-refractivity contribution in [1.82, 2.24) is 4.98 Å². The lowest BCUT2D eigenvalue weighted by Gasteiger charge is -2.07. The highest BCUT2D eigenvalue weighted by atomic mass is 19.1. The van der Waals surface area contributed by atoms with E-state index in [0.717, 1.165) is 6.20 Å². The van der Waals surface area contributed by atoms with E-state index in [4.69, 9.17) is 0 Å². The van der Waals surface area contributed by atoms with Crippen molar-refractivity contribution in [1.29, 1.82) is 0 Å². The Morgan fingerprint density at radius 2 is 2.11 bits per heavy atom. The Hall–Kier alpha value is -2.56. The number of ether oxygens (including phenoxy) is 1. The molecule has 0 fully saturated rings. The van der Waals surface area contributed by atoms with E-state index in [1.54, 1.807) is 0 Å². The van der Waals surface area contributed by atoms with E-state index in [9.17, 15) is 14.0 Å². The molecule has 0 spiro atoms. The van der Waals surface area contributed by atoms with Gasteiger partial charge in [0.2, 0.25) is 0 Å². The van der Waals surface area contributed by atoms with Gasteiger partial charge in [-0.3, -0.25) is 9.78 Å². The third-order valence-electron chi connectivity index (χ3n) is 2.66. The molecule has 0 saturated heterocycles. The molecule has 0 aliphatic rings. The molecule has 4 nitrogen and oxygen atoms in total. The van der Waals surface area contributed by atoms with Crippen LogP contribution in [0.2, 0.25) is 0 Å².